The van der Waals surface area contributed by atoms with E-state index in [0.29, 0.717) is 24.2 Å². The third kappa shape index (κ3) is 3.74. The highest BCUT2D eigenvalue weighted by Gasteiger charge is 2.40. The van der Waals surface area contributed by atoms with Crippen molar-refractivity contribution in [3.63, 3.8) is 0 Å². The van der Waals surface area contributed by atoms with E-state index in [4.69, 9.17) is 5.26 Å². The van der Waals surface area contributed by atoms with E-state index in [0.717, 1.165) is 16.7 Å². The smallest absolute Gasteiger partial charge is 0.255 e. The summed E-state index contributed by atoms with van der Waals surface area (Å²) in [6, 6.07) is 25.4. The molecule has 0 spiro atoms. The molecule has 142 valence electrons. The number of benzene rings is 3. The Morgan fingerprint density at radius 2 is 1.62 bits per heavy atom. The lowest BCUT2D eigenvalue weighted by Gasteiger charge is -2.25. The second kappa shape index (κ2) is 7.99. The number of hydrogen-bond acceptors (Lipinski definition) is 3. The molecule has 5 heteroatoms. The van der Waals surface area contributed by atoms with Crippen molar-refractivity contribution >= 4 is 11.8 Å². The topological polar surface area (TPSA) is 73.2 Å². The summed E-state index contributed by atoms with van der Waals surface area (Å²) < 4.78 is 0. The summed E-state index contributed by atoms with van der Waals surface area (Å²) in [6.07, 6.45) is 0. The Morgan fingerprint density at radius 3 is 2.34 bits per heavy atom. The summed E-state index contributed by atoms with van der Waals surface area (Å²) >= 11 is 0. The molecule has 3 aromatic rings. The summed E-state index contributed by atoms with van der Waals surface area (Å²) in [5.41, 5.74) is 3.70. The first kappa shape index (κ1) is 18.5. The van der Waals surface area contributed by atoms with Crippen LogP contribution in [0.1, 0.15) is 38.7 Å². The number of rotatable bonds is 5. The van der Waals surface area contributed by atoms with E-state index in [1.807, 2.05) is 54.6 Å². The van der Waals surface area contributed by atoms with E-state index >= 15 is 0 Å². The van der Waals surface area contributed by atoms with Crippen LogP contribution < -0.4 is 5.32 Å². The molecule has 4 rings (SSSR count). The minimum absolute atomic E-state index is 0.162. The minimum atomic E-state index is -0.682. The molecule has 5 nitrogen and oxygen atoms in total. The first-order chi connectivity index (χ1) is 14.2. The monoisotopic (exact) mass is 381 g/mol. The maximum atomic E-state index is 13.1. The van der Waals surface area contributed by atoms with Gasteiger partial charge in [0.25, 0.3) is 5.91 Å². The van der Waals surface area contributed by atoms with Gasteiger partial charge >= 0.3 is 0 Å². The van der Waals surface area contributed by atoms with Gasteiger partial charge in [0.15, 0.2) is 0 Å². The van der Waals surface area contributed by atoms with Gasteiger partial charge in [0.05, 0.1) is 11.6 Å². The second-order valence-electron chi connectivity index (χ2n) is 6.93. The molecule has 0 saturated heterocycles. The van der Waals surface area contributed by atoms with Gasteiger partial charge in [-0.15, -0.1) is 0 Å². The van der Waals surface area contributed by atoms with E-state index in [9.17, 15) is 9.59 Å². The predicted molar refractivity (Wildman–Crippen MR) is 109 cm³/mol. The van der Waals surface area contributed by atoms with E-state index in [-0.39, 0.29) is 11.8 Å². The van der Waals surface area contributed by atoms with Crippen LogP contribution in [0.5, 0.6) is 0 Å². The molecule has 0 fully saturated rings. The average molecular weight is 381 g/mol. The summed E-state index contributed by atoms with van der Waals surface area (Å²) in [6.45, 7) is 0.694. The second-order valence-corrected chi connectivity index (χ2v) is 6.93. The number of nitrogens with one attached hydrogen (secondary N) is 1. The predicted octanol–water partition coefficient (Wildman–Crippen LogP) is 3.57. The Labute approximate surface area is 169 Å². The number of carbonyl (C=O) groups excluding carboxylic acids is 2. The highest BCUT2D eigenvalue weighted by Crippen LogP contribution is 2.35. The molecule has 1 atom stereocenters. The van der Waals surface area contributed by atoms with Crippen molar-refractivity contribution in [2.45, 2.75) is 19.1 Å². The molecule has 29 heavy (non-hydrogen) atoms. The van der Waals surface area contributed by atoms with Gasteiger partial charge in [0.2, 0.25) is 5.91 Å². The van der Waals surface area contributed by atoms with Crippen LogP contribution in [-0.4, -0.2) is 16.7 Å². The molecule has 2 amide bonds. The molecular formula is C24H19N3O2. The Bertz CT molecular complexity index is 1090. The number of carbonyl (C=O) groups is 2. The van der Waals surface area contributed by atoms with Crippen LogP contribution in [0.25, 0.3) is 0 Å². The van der Waals surface area contributed by atoms with Crippen LogP contribution in [0.15, 0.2) is 78.9 Å². The summed E-state index contributed by atoms with van der Waals surface area (Å²) in [7, 11) is 0. The zero-order chi connectivity index (χ0) is 20.2. The Balaban J connectivity index is 1.59. The van der Waals surface area contributed by atoms with Gasteiger partial charge in [-0.25, -0.2) is 0 Å². The summed E-state index contributed by atoms with van der Waals surface area (Å²) in [4.78, 5) is 27.7. The Kier molecular flexibility index (Phi) is 5.08. The maximum Gasteiger partial charge on any atom is 0.255 e. The van der Waals surface area contributed by atoms with Crippen molar-refractivity contribution in [1.82, 2.24) is 10.2 Å². The van der Waals surface area contributed by atoms with Gasteiger partial charge in [-0.3, -0.25) is 9.59 Å². The van der Waals surface area contributed by atoms with Crippen LogP contribution in [0.3, 0.4) is 0 Å². The zero-order valence-electron chi connectivity index (χ0n) is 15.7. The molecule has 1 unspecified atom stereocenters. The lowest BCUT2D eigenvalue weighted by molar-refractivity contribution is -0.125. The summed E-state index contributed by atoms with van der Waals surface area (Å²) in [5, 5.41) is 11.9. The van der Waals surface area contributed by atoms with E-state index in [1.54, 1.807) is 29.2 Å². The van der Waals surface area contributed by atoms with Crippen molar-refractivity contribution in [2.24, 2.45) is 0 Å². The van der Waals surface area contributed by atoms with E-state index in [2.05, 4.69) is 11.4 Å². The number of amides is 2. The van der Waals surface area contributed by atoms with Gasteiger partial charge in [0, 0.05) is 18.7 Å². The Hall–Kier alpha value is -3.91. The van der Waals surface area contributed by atoms with Gasteiger partial charge in [-0.05, 0) is 34.9 Å². The van der Waals surface area contributed by atoms with Crippen LogP contribution >= 0.6 is 0 Å². The standard InChI is InChI=1S/C24H19N3O2/c25-14-17-10-12-19(13-11-17)16-27-22(20-8-4-5-9-21(20)24(27)29)23(28)26-15-18-6-2-1-3-7-18/h1-13,22H,15-16H2,(H,26,28). The molecule has 0 aliphatic carbocycles. The van der Waals surface area contributed by atoms with Crippen LogP contribution in [0.2, 0.25) is 0 Å². The van der Waals surface area contributed by atoms with E-state index in [1.165, 1.54) is 0 Å². The lowest BCUT2D eigenvalue weighted by atomic mass is 10.0. The molecular weight excluding hydrogens is 362 g/mol. The number of fused-ring (bicyclic) bond motifs is 1. The highest BCUT2D eigenvalue weighted by atomic mass is 16.2. The van der Waals surface area contributed by atoms with Crippen molar-refractivity contribution < 1.29 is 9.59 Å². The fourth-order valence-corrected chi connectivity index (χ4v) is 3.58. The molecule has 1 N–H and O–H groups in total. The van der Waals surface area contributed by atoms with Gasteiger partial charge in [0.1, 0.15) is 6.04 Å². The molecule has 1 aliphatic heterocycles. The van der Waals surface area contributed by atoms with Crippen molar-refractivity contribution in [3.05, 3.63) is 107 Å². The molecule has 0 aromatic heterocycles. The molecule has 1 aliphatic rings. The minimum Gasteiger partial charge on any atom is -0.350 e. The highest BCUT2D eigenvalue weighted by molar-refractivity contribution is 6.04. The van der Waals surface area contributed by atoms with Crippen molar-refractivity contribution in [3.8, 4) is 6.07 Å². The number of hydrogen-bond donors (Lipinski definition) is 1. The summed E-state index contributed by atoms with van der Waals surface area (Å²) in [5.74, 6) is -0.370. The molecule has 1 heterocycles. The van der Waals surface area contributed by atoms with Gasteiger partial charge < -0.3 is 10.2 Å². The fourth-order valence-electron chi connectivity index (χ4n) is 3.58. The van der Waals surface area contributed by atoms with Crippen LogP contribution in [0, 0.1) is 11.3 Å². The quantitative estimate of drug-likeness (QED) is 0.734. The van der Waals surface area contributed by atoms with Crippen molar-refractivity contribution in [2.75, 3.05) is 0 Å². The van der Waals surface area contributed by atoms with E-state index < -0.39 is 6.04 Å². The molecule has 0 saturated carbocycles. The normalized spacial score (nSPS) is 14.9. The largest absolute Gasteiger partial charge is 0.350 e. The van der Waals surface area contributed by atoms with Crippen molar-refractivity contribution in [1.29, 1.82) is 5.26 Å². The Morgan fingerprint density at radius 1 is 0.931 bits per heavy atom. The number of nitriles is 1. The maximum absolute atomic E-state index is 13.1. The zero-order valence-corrected chi connectivity index (χ0v) is 15.7. The first-order valence-corrected chi connectivity index (χ1v) is 9.38. The molecule has 3 aromatic carbocycles. The fraction of sp³-hybridized carbons (Fsp3) is 0.125. The third-order valence-electron chi connectivity index (χ3n) is 5.05. The number of nitrogens with zero attached hydrogens (tertiary/aromatic N) is 2. The molecule has 0 bridgehead atoms. The SMILES string of the molecule is N#Cc1ccc(CN2C(=O)c3ccccc3C2C(=O)NCc2ccccc2)cc1. The van der Waals surface area contributed by atoms with Gasteiger partial charge in [-0.2, -0.15) is 5.26 Å². The average Bonchev–Trinajstić information content (AvgIpc) is 3.05. The third-order valence-corrected chi connectivity index (χ3v) is 5.05. The van der Waals surface area contributed by atoms with Crippen LogP contribution in [-0.2, 0) is 17.9 Å². The first-order valence-electron chi connectivity index (χ1n) is 9.38. The van der Waals surface area contributed by atoms with Gasteiger partial charge in [-0.1, -0.05) is 60.7 Å². The van der Waals surface area contributed by atoms with Crippen LogP contribution in [0.4, 0.5) is 0 Å². The molecule has 0 radical (unpaired) electrons. The lowest BCUT2D eigenvalue weighted by Crippen LogP contribution is -2.38.